The van der Waals surface area contributed by atoms with Gasteiger partial charge in [0.1, 0.15) is 0 Å². The molecule has 1 rings (SSSR count). The van der Waals surface area contributed by atoms with E-state index in [2.05, 4.69) is 26.1 Å². The highest BCUT2D eigenvalue weighted by Crippen LogP contribution is 2.23. The van der Waals surface area contributed by atoms with Crippen molar-refractivity contribution < 1.29 is 4.42 Å². The monoisotopic (exact) mass is 224 g/mol. The zero-order valence-corrected chi connectivity index (χ0v) is 10.6. The first-order valence-corrected chi connectivity index (χ1v) is 5.93. The second-order valence-corrected chi connectivity index (χ2v) is 5.63. The van der Waals surface area contributed by atoms with E-state index in [-0.39, 0.29) is 0 Å². The Bertz CT molecular complexity index is 275. The molecule has 0 aliphatic rings. The van der Waals surface area contributed by atoms with Crippen LogP contribution in [0, 0.1) is 11.3 Å². The van der Waals surface area contributed by atoms with Gasteiger partial charge in [-0.15, -0.1) is 0 Å². The first-order chi connectivity index (χ1) is 7.51. The molecule has 0 aromatic carbocycles. The number of hydrogen-bond donors (Lipinski definition) is 2. The summed E-state index contributed by atoms with van der Waals surface area (Å²) in [7, 11) is 0. The van der Waals surface area contributed by atoms with Gasteiger partial charge >= 0.3 is 0 Å². The van der Waals surface area contributed by atoms with E-state index in [0.29, 0.717) is 11.3 Å². The van der Waals surface area contributed by atoms with Gasteiger partial charge in [-0.25, -0.2) is 0 Å². The molecular weight excluding hydrogens is 200 g/mol. The highest BCUT2D eigenvalue weighted by atomic mass is 16.3. The Balaban J connectivity index is 2.24. The molecule has 3 heteroatoms. The zero-order chi connectivity index (χ0) is 12.0. The van der Waals surface area contributed by atoms with Gasteiger partial charge in [0.05, 0.1) is 12.5 Å². The Hall–Kier alpha value is -0.800. The van der Waals surface area contributed by atoms with Crippen LogP contribution in [0.15, 0.2) is 23.0 Å². The van der Waals surface area contributed by atoms with Crippen molar-refractivity contribution in [3.63, 3.8) is 0 Å². The molecule has 1 unspecified atom stereocenters. The largest absolute Gasteiger partial charge is 0.472 e. The van der Waals surface area contributed by atoms with Gasteiger partial charge in [-0.1, -0.05) is 20.8 Å². The number of furan rings is 1. The van der Waals surface area contributed by atoms with Crippen LogP contribution in [0.5, 0.6) is 0 Å². The van der Waals surface area contributed by atoms with Crippen molar-refractivity contribution in [3.8, 4) is 0 Å². The summed E-state index contributed by atoms with van der Waals surface area (Å²) in [5.74, 6) is 0.548. The van der Waals surface area contributed by atoms with Crippen LogP contribution in [-0.2, 0) is 6.54 Å². The van der Waals surface area contributed by atoms with E-state index >= 15 is 0 Å². The fourth-order valence-electron chi connectivity index (χ4n) is 1.92. The van der Waals surface area contributed by atoms with Crippen molar-refractivity contribution in [1.82, 2.24) is 5.32 Å². The van der Waals surface area contributed by atoms with Crippen LogP contribution in [0.2, 0.25) is 0 Å². The van der Waals surface area contributed by atoms with Gasteiger partial charge in [-0.05, 0) is 36.9 Å². The van der Waals surface area contributed by atoms with Crippen LogP contribution in [-0.4, -0.2) is 13.1 Å². The average molecular weight is 224 g/mol. The molecular formula is C13H24N2O. The molecule has 0 aliphatic heterocycles. The summed E-state index contributed by atoms with van der Waals surface area (Å²) in [6, 6.07) is 1.98. The second kappa shape index (κ2) is 6.06. The maximum Gasteiger partial charge on any atom is 0.0947 e. The van der Waals surface area contributed by atoms with Crippen molar-refractivity contribution in [2.75, 3.05) is 13.1 Å². The van der Waals surface area contributed by atoms with E-state index in [1.54, 1.807) is 12.5 Å². The van der Waals surface area contributed by atoms with Gasteiger partial charge in [0.15, 0.2) is 0 Å². The third-order valence-corrected chi connectivity index (χ3v) is 2.58. The minimum Gasteiger partial charge on any atom is -0.472 e. The van der Waals surface area contributed by atoms with Gasteiger partial charge in [-0.2, -0.15) is 0 Å². The Morgan fingerprint density at radius 2 is 2.19 bits per heavy atom. The molecule has 3 N–H and O–H groups in total. The van der Waals surface area contributed by atoms with Crippen LogP contribution in [0.1, 0.15) is 32.8 Å². The molecule has 3 nitrogen and oxygen atoms in total. The summed E-state index contributed by atoms with van der Waals surface area (Å²) < 4.78 is 5.01. The van der Waals surface area contributed by atoms with Crippen LogP contribution >= 0.6 is 0 Å². The predicted molar refractivity (Wildman–Crippen MR) is 67.0 cm³/mol. The van der Waals surface area contributed by atoms with E-state index in [4.69, 9.17) is 10.2 Å². The standard InChI is InChI=1S/C13H24N2O/c1-13(2,3)6-12(7-14)9-15-8-11-4-5-16-10-11/h4-5,10,12,15H,6-9,14H2,1-3H3. The fourth-order valence-corrected chi connectivity index (χ4v) is 1.92. The van der Waals surface area contributed by atoms with Crippen LogP contribution in [0.3, 0.4) is 0 Å². The van der Waals surface area contributed by atoms with Gasteiger partial charge < -0.3 is 15.5 Å². The van der Waals surface area contributed by atoms with Crippen LogP contribution in [0.4, 0.5) is 0 Å². The zero-order valence-electron chi connectivity index (χ0n) is 10.6. The SMILES string of the molecule is CC(C)(C)CC(CN)CNCc1ccoc1. The summed E-state index contributed by atoms with van der Waals surface area (Å²) in [4.78, 5) is 0. The summed E-state index contributed by atoms with van der Waals surface area (Å²) in [5, 5.41) is 3.42. The van der Waals surface area contributed by atoms with Gasteiger partial charge in [0.25, 0.3) is 0 Å². The molecule has 0 fully saturated rings. The maximum absolute atomic E-state index is 5.78. The lowest BCUT2D eigenvalue weighted by atomic mass is 9.84. The maximum atomic E-state index is 5.78. The molecule has 1 aromatic rings. The molecule has 0 aliphatic carbocycles. The third-order valence-electron chi connectivity index (χ3n) is 2.58. The number of nitrogens with one attached hydrogen (secondary N) is 1. The van der Waals surface area contributed by atoms with E-state index in [1.165, 1.54) is 5.56 Å². The fraction of sp³-hybridized carbons (Fsp3) is 0.692. The van der Waals surface area contributed by atoms with Gasteiger partial charge in [0, 0.05) is 12.1 Å². The Kier molecular flexibility index (Phi) is 5.03. The quantitative estimate of drug-likeness (QED) is 0.780. The Morgan fingerprint density at radius 1 is 1.44 bits per heavy atom. The lowest BCUT2D eigenvalue weighted by Gasteiger charge is -2.25. The van der Waals surface area contributed by atoms with Crippen molar-refractivity contribution >= 4 is 0 Å². The van der Waals surface area contributed by atoms with E-state index in [9.17, 15) is 0 Å². The molecule has 0 spiro atoms. The van der Waals surface area contributed by atoms with Gasteiger partial charge in [0.2, 0.25) is 0 Å². The summed E-state index contributed by atoms with van der Waals surface area (Å²) in [6.45, 7) is 9.34. The van der Waals surface area contributed by atoms with Crippen LogP contribution < -0.4 is 11.1 Å². The normalized spacial score (nSPS) is 14.0. The Morgan fingerprint density at radius 3 is 2.69 bits per heavy atom. The molecule has 92 valence electrons. The first-order valence-electron chi connectivity index (χ1n) is 5.93. The van der Waals surface area contributed by atoms with E-state index in [1.807, 2.05) is 6.07 Å². The summed E-state index contributed by atoms with van der Waals surface area (Å²) >= 11 is 0. The molecule has 16 heavy (non-hydrogen) atoms. The average Bonchev–Trinajstić information content (AvgIpc) is 2.67. The number of rotatable bonds is 6. The molecule has 1 heterocycles. The highest BCUT2D eigenvalue weighted by Gasteiger charge is 2.17. The van der Waals surface area contributed by atoms with Crippen molar-refractivity contribution in [1.29, 1.82) is 0 Å². The summed E-state index contributed by atoms with van der Waals surface area (Å²) in [6.07, 6.45) is 4.63. The first kappa shape index (κ1) is 13.3. The van der Waals surface area contributed by atoms with E-state index in [0.717, 1.165) is 26.1 Å². The van der Waals surface area contributed by atoms with Crippen LogP contribution in [0.25, 0.3) is 0 Å². The van der Waals surface area contributed by atoms with Crippen molar-refractivity contribution in [2.45, 2.75) is 33.7 Å². The second-order valence-electron chi connectivity index (χ2n) is 5.63. The molecule has 1 aromatic heterocycles. The molecule has 0 radical (unpaired) electrons. The third kappa shape index (κ3) is 5.33. The lowest BCUT2D eigenvalue weighted by molar-refractivity contribution is 0.289. The number of hydrogen-bond acceptors (Lipinski definition) is 3. The molecule has 0 saturated heterocycles. The number of nitrogens with two attached hydrogens (primary N) is 1. The predicted octanol–water partition coefficient (Wildman–Crippen LogP) is 2.38. The van der Waals surface area contributed by atoms with Crippen molar-refractivity contribution in [2.24, 2.45) is 17.1 Å². The summed E-state index contributed by atoms with van der Waals surface area (Å²) in [5.41, 5.74) is 7.32. The lowest BCUT2D eigenvalue weighted by Crippen LogP contribution is -2.30. The minimum atomic E-state index is 0.349. The van der Waals surface area contributed by atoms with E-state index < -0.39 is 0 Å². The Labute approximate surface area is 98.4 Å². The minimum absolute atomic E-state index is 0.349. The highest BCUT2D eigenvalue weighted by molar-refractivity contribution is 5.04. The molecule has 0 saturated carbocycles. The topological polar surface area (TPSA) is 51.2 Å². The molecule has 0 amide bonds. The smallest absolute Gasteiger partial charge is 0.0947 e. The van der Waals surface area contributed by atoms with Crippen molar-refractivity contribution in [3.05, 3.63) is 24.2 Å². The molecule has 0 bridgehead atoms. The molecule has 1 atom stereocenters. The van der Waals surface area contributed by atoms with Gasteiger partial charge in [-0.3, -0.25) is 0 Å².